The molecule has 0 radical (unpaired) electrons. The number of hydrogen-bond acceptors (Lipinski definition) is 3. The number of nitrogens with one attached hydrogen (secondary N) is 1. The lowest BCUT2D eigenvalue weighted by atomic mass is 9.94. The molecule has 0 fully saturated rings. The number of rotatable bonds is 8. The van der Waals surface area contributed by atoms with E-state index in [-0.39, 0.29) is 17.9 Å². The first-order valence-corrected chi connectivity index (χ1v) is 7.67. The number of anilines is 1. The highest BCUT2D eigenvalue weighted by atomic mass is 16.5. The molecule has 0 aromatic heterocycles. The Kier molecular flexibility index (Phi) is 7.23. The van der Waals surface area contributed by atoms with Gasteiger partial charge in [0.2, 0.25) is 5.91 Å². The Hall–Kier alpha value is -1.55. The third-order valence-corrected chi connectivity index (χ3v) is 3.12. The van der Waals surface area contributed by atoms with Crippen LogP contribution in [-0.4, -0.2) is 18.6 Å². The molecule has 1 rings (SSSR count). The Morgan fingerprint density at radius 2 is 1.81 bits per heavy atom. The molecule has 0 aliphatic heterocycles. The zero-order valence-corrected chi connectivity index (χ0v) is 13.6. The van der Waals surface area contributed by atoms with Crippen molar-refractivity contribution in [1.82, 2.24) is 0 Å². The molecule has 0 heterocycles. The van der Waals surface area contributed by atoms with Gasteiger partial charge in [-0.2, -0.15) is 0 Å². The molecule has 0 saturated carbocycles. The van der Waals surface area contributed by atoms with Gasteiger partial charge in [0, 0.05) is 12.1 Å². The van der Waals surface area contributed by atoms with Crippen LogP contribution in [0.2, 0.25) is 0 Å². The van der Waals surface area contributed by atoms with E-state index < -0.39 is 0 Å². The lowest BCUT2D eigenvalue weighted by Crippen LogP contribution is -2.23. The van der Waals surface area contributed by atoms with Gasteiger partial charge in [0.25, 0.3) is 0 Å². The van der Waals surface area contributed by atoms with Crippen LogP contribution in [-0.2, 0) is 4.79 Å². The first kappa shape index (κ1) is 17.5. The van der Waals surface area contributed by atoms with Crippen molar-refractivity contribution in [2.45, 2.75) is 46.6 Å². The molecule has 4 nitrogen and oxygen atoms in total. The Bertz CT molecular complexity index is 427. The van der Waals surface area contributed by atoms with Gasteiger partial charge in [0.1, 0.15) is 5.75 Å². The van der Waals surface area contributed by atoms with E-state index in [4.69, 9.17) is 10.5 Å². The zero-order valence-electron chi connectivity index (χ0n) is 13.6. The predicted octanol–water partition coefficient (Wildman–Crippen LogP) is 3.42. The lowest BCUT2D eigenvalue weighted by Gasteiger charge is -2.16. The van der Waals surface area contributed by atoms with Crippen LogP contribution in [0.5, 0.6) is 5.75 Å². The maximum absolute atomic E-state index is 12.0. The fourth-order valence-electron chi connectivity index (χ4n) is 2.29. The van der Waals surface area contributed by atoms with Crippen molar-refractivity contribution >= 4 is 11.6 Å². The Morgan fingerprint density at radius 3 is 2.29 bits per heavy atom. The van der Waals surface area contributed by atoms with Crippen LogP contribution in [0.3, 0.4) is 0 Å². The fraction of sp³-hybridized carbons (Fsp3) is 0.588. The van der Waals surface area contributed by atoms with E-state index in [2.05, 4.69) is 19.2 Å². The summed E-state index contributed by atoms with van der Waals surface area (Å²) >= 11 is 0. The molecule has 1 aromatic rings. The van der Waals surface area contributed by atoms with Crippen LogP contribution in [0.1, 0.15) is 40.5 Å². The first-order valence-electron chi connectivity index (χ1n) is 7.67. The molecule has 0 aliphatic rings. The number of carbonyl (C=O) groups excluding carboxylic acids is 1. The molecule has 118 valence electrons. The Labute approximate surface area is 128 Å². The molecular weight excluding hydrogens is 264 g/mol. The Balaban J connectivity index is 2.50. The highest BCUT2D eigenvalue weighted by molar-refractivity contribution is 5.90. The monoisotopic (exact) mass is 292 g/mol. The molecule has 3 N–H and O–H groups in total. The molecular formula is C17H28N2O2. The number of nitrogens with two attached hydrogens (primary N) is 1. The molecule has 4 heteroatoms. The topological polar surface area (TPSA) is 64.4 Å². The van der Waals surface area contributed by atoms with E-state index >= 15 is 0 Å². The maximum Gasteiger partial charge on any atom is 0.224 e. The summed E-state index contributed by atoms with van der Waals surface area (Å²) in [6.07, 6.45) is 1.59. The summed E-state index contributed by atoms with van der Waals surface area (Å²) in [5.74, 6) is 1.62. The molecule has 1 amide bonds. The summed E-state index contributed by atoms with van der Waals surface area (Å²) in [5, 5.41) is 2.91. The summed E-state index contributed by atoms with van der Waals surface area (Å²) in [5.41, 5.74) is 6.52. The molecule has 1 aromatic carbocycles. The minimum atomic E-state index is 0.0172. The second-order valence-electron chi connectivity index (χ2n) is 6.17. The molecule has 21 heavy (non-hydrogen) atoms. The largest absolute Gasteiger partial charge is 0.491 e. The second kappa shape index (κ2) is 8.67. The molecule has 0 unspecified atom stereocenters. The summed E-state index contributed by atoms with van der Waals surface area (Å²) in [6, 6.07) is 7.44. The van der Waals surface area contributed by atoms with Gasteiger partial charge in [-0.1, -0.05) is 13.8 Å². The van der Waals surface area contributed by atoms with E-state index in [1.165, 1.54) is 0 Å². The average Bonchev–Trinajstić information content (AvgIpc) is 2.39. The SMILES string of the molecule is CC(C)C[C@H](CN)CC(=O)Nc1ccc(OC(C)C)cc1. The fourth-order valence-corrected chi connectivity index (χ4v) is 2.29. The number of amides is 1. The summed E-state index contributed by atoms with van der Waals surface area (Å²) in [4.78, 5) is 12.0. The lowest BCUT2D eigenvalue weighted by molar-refractivity contribution is -0.117. The van der Waals surface area contributed by atoms with Crippen molar-refractivity contribution in [3.63, 3.8) is 0 Å². The van der Waals surface area contributed by atoms with Gasteiger partial charge in [-0.25, -0.2) is 0 Å². The van der Waals surface area contributed by atoms with Gasteiger partial charge in [-0.15, -0.1) is 0 Å². The molecule has 0 spiro atoms. The van der Waals surface area contributed by atoms with Gasteiger partial charge >= 0.3 is 0 Å². The van der Waals surface area contributed by atoms with Gasteiger partial charge in [-0.05, 0) is 62.9 Å². The van der Waals surface area contributed by atoms with E-state index in [1.54, 1.807) is 0 Å². The van der Waals surface area contributed by atoms with E-state index in [0.29, 0.717) is 18.9 Å². The maximum atomic E-state index is 12.0. The van der Waals surface area contributed by atoms with Crippen molar-refractivity contribution in [3.05, 3.63) is 24.3 Å². The van der Waals surface area contributed by atoms with Crippen LogP contribution in [0.15, 0.2) is 24.3 Å². The normalized spacial score (nSPS) is 12.5. The Morgan fingerprint density at radius 1 is 1.19 bits per heavy atom. The smallest absolute Gasteiger partial charge is 0.224 e. The van der Waals surface area contributed by atoms with E-state index in [1.807, 2.05) is 38.1 Å². The van der Waals surface area contributed by atoms with E-state index in [9.17, 15) is 4.79 Å². The quantitative estimate of drug-likeness (QED) is 0.771. The van der Waals surface area contributed by atoms with Crippen LogP contribution in [0.4, 0.5) is 5.69 Å². The predicted molar refractivity (Wildman–Crippen MR) is 87.5 cm³/mol. The van der Waals surface area contributed by atoms with Crippen molar-refractivity contribution in [2.24, 2.45) is 17.6 Å². The average molecular weight is 292 g/mol. The number of carbonyl (C=O) groups is 1. The second-order valence-corrected chi connectivity index (χ2v) is 6.17. The highest BCUT2D eigenvalue weighted by Gasteiger charge is 2.14. The summed E-state index contributed by atoms with van der Waals surface area (Å²) < 4.78 is 5.57. The zero-order chi connectivity index (χ0) is 15.8. The van der Waals surface area contributed by atoms with Crippen LogP contribution in [0.25, 0.3) is 0 Å². The number of hydrogen-bond donors (Lipinski definition) is 2. The minimum Gasteiger partial charge on any atom is -0.491 e. The van der Waals surface area contributed by atoms with Crippen molar-refractivity contribution in [1.29, 1.82) is 0 Å². The third kappa shape index (κ3) is 7.14. The van der Waals surface area contributed by atoms with Crippen LogP contribution < -0.4 is 15.8 Å². The van der Waals surface area contributed by atoms with Crippen LogP contribution in [0, 0.1) is 11.8 Å². The molecule has 1 atom stereocenters. The summed E-state index contributed by atoms with van der Waals surface area (Å²) in [7, 11) is 0. The van der Waals surface area contributed by atoms with Crippen molar-refractivity contribution < 1.29 is 9.53 Å². The third-order valence-electron chi connectivity index (χ3n) is 3.12. The van der Waals surface area contributed by atoms with E-state index in [0.717, 1.165) is 17.9 Å². The molecule has 0 bridgehead atoms. The van der Waals surface area contributed by atoms with Crippen LogP contribution >= 0.6 is 0 Å². The molecule has 0 aliphatic carbocycles. The number of ether oxygens (including phenoxy) is 1. The van der Waals surface area contributed by atoms with Gasteiger partial charge in [-0.3, -0.25) is 4.79 Å². The first-order chi connectivity index (χ1) is 9.90. The number of benzene rings is 1. The van der Waals surface area contributed by atoms with Gasteiger partial charge < -0.3 is 15.8 Å². The van der Waals surface area contributed by atoms with Gasteiger partial charge in [0.05, 0.1) is 6.10 Å². The minimum absolute atomic E-state index is 0.0172. The highest BCUT2D eigenvalue weighted by Crippen LogP contribution is 2.19. The van der Waals surface area contributed by atoms with Gasteiger partial charge in [0.15, 0.2) is 0 Å². The molecule has 0 saturated heterocycles. The standard InChI is InChI=1S/C17H28N2O2/c1-12(2)9-14(11-18)10-17(20)19-15-5-7-16(8-6-15)21-13(3)4/h5-8,12-14H,9-11,18H2,1-4H3,(H,19,20)/t14-/m0/s1. The van der Waals surface area contributed by atoms with Crippen molar-refractivity contribution in [3.8, 4) is 5.75 Å². The summed E-state index contributed by atoms with van der Waals surface area (Å²) in [6.45, 7) is 8.81. The van der Waals surface area contributed by atoms with Crippen molar-refractivity contribution in [2.75, 3.05) is 11.9 Å².